The Balaban J connectivity index is 1.96. The van der Waals surface area contributed by atoms with Crippen molar-refractivity contribution in [3.63, 3.8) is 0 Å². The fourth-order valence-electron chi connectivity index (χ4n) is 1.81. The normalized spacial score (nSPS) is 12.8. The number of rotatable bonds is 7. The van der Waals surface area contributed by atoms with Gasteiger partial charge in [-0.2, -0.15) is 5.10 Å². The standard InChI is InChI=1S/C13H22N6/c1-4-11(3)19-7-6-12(16-19)9-18-10-13(15-17-18)8-14-5-2/h6-7,10-11,14H,4-5,8-9H2,1-3H3. The molecule has 0 saturated carbocycles. The molecule has 0 bridgehead atoms. The zero-order chi connectivity index (χ0) is 13.7. The summed E-state index contributed by atoms with van der Waals surface area (Å²) in [5.74, 6) is 0. The first-order valence-electron chi connectivity index (χ1n) is 6.86. The molecule has 2 heterocycles. The van der Waals surface area contributed by atoms with Crippen molar-refractivity contribution in [2.24, 2.45) is 0 Å². The molecule has 0 aliphatic rings. The molecule has 1 N–H and O–H groups in total. The molecule has 0 spiro atoms. The number of hydrogen-bond acceptors (Lipinski definition) is 4. The fourth-order valence-corrected chi connectivity index (χ4v) is 1.81. The van der Waals surface area contributed by atoms with Crippen LogP contribution in [0.15, 0.2) is 18.5 Å². The first kappa shape index (κ1) is 13.7. The van der Waals surface area contributed by atoms with E-state index < -0.39 is 0 Å². The van der Waals surface area contributed by atoms with Crippen LogP contribution in [-0.4, -0.2) is 31.3 Å². The molecule has 2 rings (SSSR count). The van der Waals surface area contributed by atoms with Gasteiger partial charge in [0.05, 0.1) is 24.1 Å². The predicted molar refractivity (Wildman–Crippen MR) is 73.7 cm³/mol. The number of aromatic nitrogens is 5. The Kier molecular flexibility index (Phi) is 4.68. The van der Waals surface area contributed by atoms with Crippen molar-refractivity contribution in [3.05, 3.63) is 29.8 Å². The Hall–Kier alpha value is -1.69. The lowest BCUT2D eigenvalue weighted by atomic mass is 10.3. The lowest BCUT2D eigenvalue weighted by Gasteiger charge is -2.07. The topological polar surface area (TPSA) is 60.6 Å². The van der Waals surface area contributed by atoms with E-state index in [1.165, 1.54) is 0 Å². The first-order chi connectivity index (χ1) is 9.22. The molecule has 0 fully saturated rings. The summed E-state index contributed by atoms with van der Waals surface area (Å²) in [5, 5.41) is 16.0. The van der Waals surface area contributed by atoms with Crippen LogP contribution in [0.4, 0.5) is 0 Å². The highest BCUT2D eigenvalue weighted by Crippen LogP contribution is 2.09. The van der Waals surface area contributed by atoms with Gasteiger partial charge >= 0.3 is 0 Å². The number of nitrogens with one attached hydrogen (secondary N) is 1. The van der Waals surface area contributed by atoms with Gasteiger partial charge < -0.3 is 5.32 Å². The summed E-state index contributed by atoms with van der Waals surface area (Å²) in [6.07, 6.45) is 5.07. The lowest BCUT2D eigenvalue weighted by Crippen LogP contribution is -2.11. The van der Waals surface area contributed by atoms with Crippen LogP contribution < -0.4 is 5.32 Å². The van der Waals surface area contributed by atoms with E-state index in [1.807, 2.05) is 27.8 Å². The van der Waals surface area contributed by atoms with Crippen LogP contribution in [0.3, 0.4) is 0 Å². The third-order valence-corrected chi connectivity index (χ3v) is 3.17. The first-order valence-corrected chi connectivity index (χ1v) is 6.86. The second-order valence-corrected chi connectivity index (χ2v) is 4.73. The van der Waals surface area contributed by atoms with E-state index in [2.05, 4.69) is 41.5 Å². The van der Waals surface area contributed by atoms with Crippen molar-refractivity contribution in [1.29, 1.82) is 0 Å². The molecule has 19 heavy (non-hydrogen) atoms. The molecule has 0 aliphatic heterocycles. The summed E-state index contributed by atoms with van der Waals surface area (Å²) >= 11 is 0. The van der Waals surface area contributed by atoms with E-state index in [1.54, 1.807) is 0 Å². The average Bonchev–Trinajstić information content (AvgIpc) is 3.05. The van der Waals surface area contributed by atoms with Crippen LogP contribution in [0.25, 0.3) is 0 Å². The Morgan fingerprint density at radius 1 is 1.32 bits per heavy atom. The summed E-state index contributed by atoms with van der Waals surface area (Å²) in [5.41, 5.74) is 1.98. The molecule has 6 heteroatoms. The molecule has 1 unspecified atom stereocenters. The molecule has 1 atom stereocenters. The summed E-state index contributed by atoms with van der Waals surface area (Å²) < 4.78 is 3.84. The van der Waals surface area contributed by atoms with Gasteiger partial charge in [0, 0.05) is 18.8 Å². The molecule has 6 nitrogen and oxygen atoms in total. The van der Waals surface area contributed by atoms with E-state index >= 15 is 0 Å². The molecule has 2 aromatic rings. The van der Waals surface area contributed by atoms with E-state index in [4.69, 9.17) is 0 Å². The molecule has 0 saturated heterocycles. The summed E-state index contributed by atoms with van der Waals surface area (Å²) in [7, 11) is 0. The van der Waals surface area contributed by atoms with Gasteiger partial charge in [-0.05, 0) is 26.0 Å². The van der Waals surface area contributed by atoms with Gasteiger partial charge in [-0.3, -0.25) is 4.68 Å². The molecule has 0 amide bonds. The quantitative estimate of drug-likeness (QED) is 0.823. The van der Waals surface area contributed by atoms with Crippen molar-refractivity contribution in [3.8, 4) is 0 Å². The molecular weight excluding hydrogens is 240 g/mol. The van der Waals surface area contributed by atoms with Crippen molar-refractivity contribution in [2.75, 3.05) is 6.54 Å². The van der Waals surface area contributed by atoms with Gasteiger partial charge in [0.2, 0.25) is 0 Å². The van der Waals surface area contributed by atoms with Crippen LogP contribution in [0.5, 0.6) is 0 Å². The maximum absolute atomic E-state index is 4.56. The van der Waals surface area contributed by atoms with Crippen LogP contribution in [0.1, 0.15) is 44.6 Å². The second kappa shape index (κ2) is 6.47. The Bertz CT molecular complexity index is 501. The largest absolute Gasteiger partial charge is 0.311 e. The zero-order valence-corrected chi connectivity index (χ0v) is 11.9. The molecule has 0 aromatic carbocycles. The zero-order valence-electron chi connectivity index (χ0n) is 11.9. The van der Waals surface area contributed by atoms with E-state index in [0.717, 1.165) is 30.9 Å². The SMILES string of the molecule is CCNCc1cn(Cc2ccn(C(C)CC)n2)nn1. The predicted octanol–water partition coefficient (Wildman–Crippen LogP) is 1.60. The van der Waals surface area contributed by atoms with Crippen LogP contribution in [0.2, 0.25) is 0 Å². The summed E-state index contributed by atoms with van der Waals surface area (Å²) in [6.45, 7) is 8.77. The third kappa shape index (κ3) is 3.64. The highest BCUT2D eigenvalue weighted by Gasteiger charge is 2.06. The third-order valence-electron chi connectivity index (χ3n) is 3.17. The van der Waals surface area contributed by atoms with Crippen LogP contribution in [-0.2, 0) is 13.1 Å². The van der Waals surface area contributed by atoms with E-state index in [-0.39, 0.29) is 0 Å². The molecule has 0 aliphatic carbocycles. The van der Waals surface area contributed by atoms with Gasteiger partial charge in [0.25, 0.3) is 0 Å². The van der Waals surface area contributed by atoms with E-state index in [9.17, 15) is 0 Å². The van der Waals surface area contributed by atoms with Gasteiger partial charge in [-0.15, -0.1) is 5.10 Å². The van der Waals surface area contributed by atoms with Crippen molar-refractivity contribution < 1.29 is 0 Å². The number of hydrogen-bond donors (Lipinski definition) is 1. The van der Waals surface area contributed by atoms with E-state index in [0.29, 0.717) is 12.6 Å². The van der Waals surface area contributed by atoms with Crippen molar-refractivity contribution in [2.45, 2.75) is 46.3 Å². The smallest absolute Gasteiger partial charge is 0.0964 e. The van der Waals surface area contributed by atoms with Gasteiger partial charge in [0.15, 0.2) is 0 Å². The minimum atomic E-state index is 0.439. The van der Waals surface area contributed by atoms with Gasteiger partial charge in [-0.1, -0.05) is 19.1 Å². The highest BCUT2D eigenvalue weighted by atomic mass is 15.4. The maximum Gasteiger partial charge on any atom is 0.0964 e. The maximum atomic E-state index is 4.56. The van der Waals surface area contributed by atoms with Crippen LogP contribution >= 0.6 is 0 Å². The summed E-state index contributed by atoms with van der Waals surface area (Å²) in [4.78, 5) is 0. The molecular formula is C13H22N6. The van der Waals surface area contributed by atoms with Gasteiger partial charge in [0.1, 0.15) is 0 Å². The molecule has 0 radical (unpaired) electrons. The minimum absolute atomic E-state index is 0.439. The minimum Gasteiger partial charge on any atom is -0.311 e. The van der Waals surface area contributed by atoms with Crippen molar-refractivity contribution in [1.82, 2.24) is 30.1 Å². The average molecular weight is 262 g/mol. The highest BCUT2D eigenvalue weighted by molar-refractivity contribution is 5.01. The molecule has 2 aromatic heterocycles. The van der Waals surface area contributed by atoms with Crippen molar-refractivity contribution >= 4 is 0 Å². The number of nitrogens with zero attached hydrogens (tertiary/aromatic N) is 5. The monoisotopic (exact) mass is 262 g/mol. The Morgan fingerprint density at radius 3 is 2.89 bits per heavy atom. The lowest BCUT2D eigenvalue weighted by molar-refractivity contribution is 0.470. The molecule has 104 valence electrons. The summed E-state index contributed by atoms with van der Waals surface area (Å²) in [6, 6.07) is 2.48. The Labute approximate surface area is 113 Å². The fraction of sp³-hybridized carbons (Fsp3) is 0.615. The van der Waals surface area contributed by atoms with Gasteiger partial charge in [-0.25, -0.2) is 4.68 Å². The second-order valence-electron chi connectivity index (χ2n) is 4.73. The van der Waals surface area contributed by atoms with Crippen LogP contribution in [0, 0.1) is 0 Å². The Morgan fingerprint density at radius 2 is 2.16 bits per heavy atom.